The number of esters is 1. The number of allylic oxidation sites excluding steroid dienone is 1. The molecule has 8 nitrogen and oxygen atoms in total. The van der Waals surface area contributed by atoms with Gasteiger partial charge < -0.3 is 18.9 Å². The molecule has 0 unspecified atom stereocenters. The normalized spacial score (nSPS) is 14.9. The molecule has 216 valence electrons. The molecular formula is C30H30Br2N2O6S. The quantitative estimate of drug-likeness (QED) is 0.144. The summed E-state index contributed by atoms with van der Waals surface area (Å²) in [6.45, 7) is 8.63. The lowest BCUT2D eigenvalue weighted by Gasteiger charge is -2.26. The van der Waals surface area contributed by atoms with E-state index in [1.807, 2.05) is 43.3 Å². The number of para-hydroxylation sites is 1. The molecule has 0 bridgehead atoms. The molecule has 1 atom stereocenters. The predicted molar refractivity (Wildman–Crippen MR) is 166 cm³/mol. The number of nitrogens with zero attached hydrogens (tertiary/aromatic N) is 2. The maximum absolute atomic E-state index is 14.0. The lowest BCUT2D eigenvalue weighted by Crippen LogP contribution is -2.40. The molecule has 0 aliphatic carbocycles. The first-order valence-electron chi connectivity index (χ1n) is 12.9. The molecule has 11 heteroatoms. The summed E-state index contributed by atoms with van der Waals surface area (Å²) >= 11 is 8.36. The fraction of sp³-hybridized carbons (Fsp3) is 0.300. The van der Waals surface area contributed by atoms with Crippen LogP contribution in [0.2, 0.25) is 0 Å². The van der Waals surface area contributed by atoms with E-state index in [2.05, 4.69) is 43.4 Å². The van der Waals surface area contributed by atoms with Crippen LogP contribution in [-0.2, 0) is 14.3 Å². The highest BCUT2D eigenvalue weighted by atomic mass is 79.9. The molecule has 3 aromatic rings. The van der Waals surface area contributed by atoms with Gasteiger partial charge in [-0.05, 0) is 75.0 Å². The Bertz CT molecular complexity index is 1640. The Labute approximate surface area is 258 Å². The molecule has 2 heterocycles. The van der Waals surface area contributed by atoms with E-state index in [4.69, 9.17) is 18.9 Å². The van der Waals surface area contributed by atoms with Crippen LogP contribution in [-0.4, -0.2) is 44.1 Å². The van der Waals surface area contributed by atoms with Gasteiger partial charge in [-0.3, -0.25) is 9.36 Å². The van der Waals surface area contributed by atoms with Crippen LogP contribution in [0.1, 0.15) is 37.4 Å². The average molecular weight is 706 g/mol. The number of aromatic nitrogens is 1. The average Bonchev–Trinajstić information content (AvgIpc) is 3.24. The maximum Gasteiger partial charge on any atom is 0.338 e. The van der Waals surface area contributed by atoms with Gasteiger partial charge in [-0.2, -0.15) is 0 Å². The molecule has 0 saturated heterocycles. The van der Waals surface area contributed by atoms with Crippen LogP contribution < -0.4 is 24.4 Å². The number of fused-ring (bicyclic) bond motifs is 1. The number of benzene rings is 2. The molecular weight excluding hydrogens is 676 g/mol. The third kappa shape index (κ3) is 6.91. The van der Waals surface area contributed by atoms with Gasteiger partial charge in [0.05, 0.1) is 38.0 Å². The Kier molecular flexibility index (Phi) is 10.8. The second-order valence-electron chi connectivity index (χ2n) is 9.01. The van der Waals surface area contributed by atoms with Crippen molar-refractivity contribution in [1.29, 1.82) is 0 Å². The van der Waals surface area contributed by atoms with Gasteiger partial charge in [0.1, 0.15) is 30.8 Å². The van der Waals surface area contributed by atoms with Gasteiger partial charge in [0, 0.05) is 12.7 Å². The molecule has 0 amide bonds. The highest BCUT2D eigenvalue weighted by Gasteiger charge is 2.35. The zero-order valence-electron chi connectivity index (χ0n) is 22.9. The highest BCUT2D eigenvalue weighted by molar-refractivity contribution is 9.11. The van der Waals surface area contributed by atoms with Crippen LogP contribution in [0.25, 0.3) is 6.08 Å². The molecule has 2 aromatic carbocycles. The molecule has 41 heavy (non-hydrogen) atoms. The van der Waals surface area contributed by atoms with Crippen molar-refractivity contribution in [1.82, 2.24) is 4.57 Å². The van der Waals surface area contributed by atoms with Crippen molar-refractivity contribution in [2.45, 2.75) is 26.3 Å². The third-order valence-corrected chi connectivity index (χ3v) is 8.26. The summed E-state index contributed by atoms with van der Waals surface area (Å²) in [5.41, 5.74) is 1.93. The fourth-order valence-electron chi connectivity index (χ4n) is 4.32. The van der Waals surface area contributed by atoms with Crippen molar-refractivity contribution in [3.05, 3.63) is 100 Å². The van der Waals surface area contributed by atoms with Crippen LogP contribution in [0.3, 0.4) is 0 Å². The van der Waals surface area contributed by atoms with Crippen LogP contribution in [0.15, 0.2) is 79.1 Å². The van der Waals surface area contributed by atoms with Gasteiger partial charge in [0.25, 0.3) is 5.56 Å². The van der Waals surface area contributed by atoms with Gasteiger partial charge >= 0.3 is 5.97 Å². The van der Waals surface area contributed by atoms with Gasteiger partial charge in [0.15, 0.2) is 4.80 Å². The Morgan fingerprint density at radius 2 is 1.88 bits per heavy atom. The fourth-order valence-corrected chi connectivity index (χ4v) is 6.81. The SMILES string of the molecule is C=CCOc1c(Br)cc(/C=c2/sc3n(c2=O)[C@@H](c2ccccc2OCCC)C(C(=O)OCCOC)=C(C)N=3)cc1Br. The number of ether oxygens (including phenoxy) is 4. The standard InChI is InChI=1S/C30H30Br2N2O6S/c1-5-11-38-23-10-8-7-9-20(23)26-25(29(36)40-14-13-37-4)18(3)33-30-34(26)28(35)24(41-30)17-19-15-21(31)27(22(32)16-19)39-12-6-2/h6-10,15-17,26H,2,5,11-14H2,1,3-4H3/b24-17+/t26-/m0/s1. The number of halogens is 2. The van der Waals surface area contributed by atoms with E-state index in [0.717, 1.165) is 20.9 Å². The summed E-state index contributed by atoms with van der Waals surface area (Å²) in [7, 11) is 1.53. The predicted octanol–water partition coefficient (Wildman–Crippen LogP) is 5.30. The molecule has 0 radical (unpaired) electrons. The summed E-state index contributed by atoms with van der Waals surface area (Å²) in [5, 5.41) is 0. The van der Waals surface area contributed by atoms with E-state index in [9.17, 15) is 9.59 Å². The largest absolute Gasteiger partial charge is 0.493 e. The van der Waals surface area contributed by atoms with E-state index < -0.39 is 12.0 Å². The summed E-state index contributed by atoms with van der Waals surface area (Å²) in [6.07, 6.45) is 4.27. The Morgan fingerprint density at radius 1 is 1.15 bits per heavy atom. The van der Waals surface area contributed by atoms with Crippen LogP contribution >= 0.6 is 43.2 Å². The smallest absolute Gasteiger partial charge is 0.338 e. The number of thiazole rings is 1. The van der Waals surface area contributed by atoms with E-state index in [0.29, 0.717) is 45.3 Å². The van der Waals surface area contributed by atoms with Crippen molar-refractivity contribution in [3.63, 3.8) is 0 Å². The summed E-state index contributed by atoms with van der Waals surface area (Å²) in [4.78, 5) is 32.6. The monoisotopic (exact) mass is 704 g/mol. The van der Waals surface area contributed by atoms with Crippen molar-refractivity contribution in [3.8, 4) is 11.5 Å². The Balaban J connectivity index is 1.88. The van der Waals surface area contributed by atoms with Crippen molar-refractivity contribution < 1.29 is 23.7 Å². The number of hydrogen-bond donors (Lipinski definition) is 0. The summed E-state index contributed by atoms with van der Waals surface area (Å²) < 4.78 is 25.8. The summed E-state index contributed by atoms with van der Waals surface area (Å²) in [5.74, 6) is 0.670. The maximum atomic E-state index is 14.0. The molecule has 1 aliphatic heterocycles. The van der Waals surface area contributed by atoms with E-state index in [1.165, 1.54) is 18.4 Å². The minimum Gasteiger partial charge on any atom is -0.493 e. The summed E-state index contributed by atoms with van der Waals surface area (Å²) in [6, 6.07) is 10.4. The molecule has 0 saturated carbocycles. The molecule has 1 aliphatic rings. The number of carbonyl (C=O) groups is 1. The first-order valence-corrected chi connectivity index (χ1v) is 15.3. The van der Waals surface area contributed by atoms with Gasteiger partial charge in [-0.1, -0.05) is 49.1 Å². The number of carbonyl (C=O) groups excluding carboxylic acids is 1. The minimum absolute atomic E-state index is 0.0769. The first kappa shape index (κ1) is 31.0. The highest BCUT2D eigenvalue weighted by Crippen LogP contribution is 2.37. The topological polar surface area (TPSA) is 88.4 Å². The minimum atomic E-state index is -0.787. The number of methoxy groups -OCH3 is 1. The number of hydrogen-bond acceptors (Lipinski definition) is 8. The van der Waals surface area contributed by atoms with Crippen LogP contribution in [0.4, 0.5) is 0 Å². The molecule has 4 rings (SSSR count). The second-order valence-corrected chi connectivity index (χ2v) is 11.7. The van der Waals surface area contributed by atoms with Gasteiger partial charge in [-0.15, -0.1) is 0 Å². The second kappa shape index (κ2) is 14.3. The van der Waals surface area contributed by atoms with Gasteiger partial charge in [-0.25, -0.2) is 9.79 Å². The van der Waals surface area contributed by atoms with E-state index in [-0.39, 0.29) is 24.3 Å². The molecule has 1 aromatic heterocycles. The van der Waals surface area contributed by atoms with E-state index >= 15 is 0 Å². The van der Waals surface area contributed by atoms with E-state index in [1.54, 1.807) is 23.6 Å². The zero-order chi connectivity index (χ0) is 29.5. The van der Waals surface area contributed by atoms with Gasteiger partial charge in [0.2, 0.25) is 0 Å². The van der Waals surface area contributed by atoms with Crippen LogP contribution in [0.5, 0.6) is 11.5 Å². The van der Waals surface area contributed by atoms with Crippen molar-refractivity contribution in [2.24, 2.45) is 4.99 Å². The van der Waals surface area contributed by atoms with Crippen molar-refractivity contribution in [2.75, 3.05) is 33.5 Å². The van der Waals surface area contributed by atoms with Crippen molar-refractivity contribution >= 4 is 55.2 Å². The third-order valence-electron chi connectivity index (χ3n) is 6.10. The lowest BCUT2D eigenvalue weighted by atomic mass is 9.95. The number of rotatable bonds is 12. The molecule has 0 fully saturated rings. The Hall–Kier alpha value is -2.99. The zero-order valence-corrected chi connectivity index (χ0v) is 26.9. The molecule has 0 N–H and O–H groups in total. The molecule has 0 spiro atoms. The first-order chi connectivity index (χ1) is 19.8. The lowest BCUT2D eigenvalue weighted by molar-refractivity contribution is -0.140. The van der Waals surface area contributed by atoms with Crippen LogP contribution in [0, 0.1) is 0 Å². The Morgan fingerprint density at radius 3 is 2.56 bits per heavy atom.